The average molecular weight is 485 g/mol. The number of anilines is 1. The number of aryl methyl sites for hydroxylation is 1. The lowest BCUT2D eigenvalue weighted by Gasteiger charge is -2.26. The van der Waals surface area contributed by atoms with Gasteiger partial charge in [-0.05, 0) is 56.5 Å². The number of carbonyl (C=O) groups excluding carboxylic acids is 1. The summed E-state index contributed by atoms with van der Waals surface area (Å²) in [4.78, 5) is 38.6. The molecular formula is C24H28N4O5S. The molecule has 0 spiro atoms. The van der Waals surface area contributed by atoms with Crippen molar-refractivity contribution in [3.8, 4) is 0 Å². The highest BCUT2D eigenvalue weighted by Crippen LogP contribution is 2.25. The van der Waals surface area contributed by atoms with Crippen LogP contribution < -0.4 is 16.6 Å². The monoisotopic (exact) mass is 484 g/mol. The Hall–Kier alpha value is -3.24. The first-order valence-corrected chi connectivity index (χ1v) is 12.8. The van der Waals surface area contributed by atoms with Crippen molar-refractivity contribution in [1.82, 2.24) is 13.4 Å². The number of rotatable bonds is 6. The zero-order valence-corrected chi connectivity index (χ0v) is 20.1. The maximum Gasteiger partial charge on any atom is 0.331 e. The minimum absolute atomic E-state index is 0.123. The van der Waals surface area contributed by atoms with Gasteiger partial charge in [0.15, 0.2) is 0 Å². The third kappa shape index (κ3) is 4.43. The quantitative estimate of drug-likeness (QED) is 0.577. The maximum absolute atomic E-state index is 13.1. The van der Waals surface area contributed by atoms with Gasteiger partial charge in [0.2, 0.25) is 15.9 Å². The van der Waals surface area contributed by atoms with Crippen LogP contribution in [0.2, 0.25) is 0 Å². The third-order valence-electron chi connectivity index (χ3n) is 6.19. The molecule has 0 saturated carbocycles. The predicted octanol–water partition coefficient (Wildman–Crippen LogP) is 2.30. The van der Waals surface area contributed by atoms with Gasteiger partial charge in [-0.25, -0.2) is 13.2 Å². The Kier molecular flexibility index (Phi) is 6.72. The average Bonchev–Trinajstić information content (AvgIpc) is 2.84. The molecule has 2 aromatic carbocycles. The van der Waals surface area contributed by atoms with E-state index < -0.39 is 27.2 Å². The molecule has 4 rings (SSSR count). The van der Waals surface area contributed by atoms with Crippen LogP contribution >= 0.6 is 0 Å². The van der Waals surface area contributed by atoms with Gasteiger partial charge in [-0.3, -0.25) is 18.7 Å². The molecule has 3 aromatic rings. The number of aromatic nitrogens is 2. The van der Waals surface area contributed by atoms with Crippen LogP contribution in [0.3, 0.4) is 0 Å². The van der Waals surface area contributed by atoms with E-state index in [0.29, 0.717) is 35.2 Å². The van der Waals surface area contributed by atoms with Gasteiger partial charge in [-0.1, -0.05) is 24.6 Å². The SMILES string of the molecule is CCn1c(=O)c2ccccc2n(CC(=O)Nc2cc(S(=O)(=O)N3CCCCC3)ccc2C)c1=O. The first-order chi connectivity index (χ1) is 16.2. The molecule has 34 heavy (non-hydrogen) atoms. The molecule has 9 nitrogen and oxygen atoms in total. The molecule has 180 valence electrons. The van der Waals surface area contributed by atoms with Crippen molar-refractivity contribution >= 4 is 32.5 Å². The van der Waals surface area contributed by atoms with E-state index in [4.69, 9.17) is 0 Å². The van der Waals surface area contributed by atoms with Gasteiger partial charge in [-0.15, -0.1) is 0 Å². The summed E-state index contributed by atoms with van der Waals surface area (Å²) in [6, 6.07) is 11.3. The van der Waals surface area contributed by atoms with Gasteiger partial charge in [0.05, 0.1) is 15.8 Å². The Labute approximate surface area is 197 Å². The van der Waals surface area contributed by atoms with Crippen molar-refractivity contribution in [2.75, 3.05) is 18.4 Å². The number of hydrogen-bond acceptors (Lipinski definition) is 5. The van der Waals surface area contributed by atoms with E-state index in [0.717, 1.165) is 23.8 Å². The van der Waals surface area contributed by atoms with Crippen LogP contribution in [-0.4, -0.2) is 40.9 Å². The molecule has 2 heterocycles. The van der Waals surface area contributed by atoms with Crippen molar-refractivity contribution < 1.29 is 13.2 Å². The molecule has 1 saturated heterocycles. The molecule has 1 aliphatic rings. The van der Waals surface area contributed by atoms with Crippen molar-refractivity contribution in [1.29, 1.82) is 0 Å². The molecule has 1 amide bonds. The van der Waals surface area contributed by atoms with Crippen LogP contribution in [-0.2, 0) is 27.9 Å². The van der Waals surface area contributed by atoms with Gasteiger partial charge < -0.3 is 5.32 Å². The van der Waals surface area contributed by atoms with Crippen molar-refractivity contribution in [2.45, 2.75) is 51.1 Å². The minimum Gasteiger partial charge on any atom is -0.324 e. The van der Waals surface area contributed by atoms with E-state index in [9.17, 15) is 22.8 Å². The molecular weight excluding hydrogens is 456 g/mol. The predicted molar refractivity (Wildman–Crippen MR) is 131 cm³/mol. The summed E-state index contributed by atoms with van der Waals surface area (Å²) in [7, 11) is -3.66. The fourth-order valence-electron chi connectivity index (χ4n) is 4.29. The fraction of sp³-hybridized carbons (Fsp3) is 0.375. The normalized spacial score (nSPS) is 14.9. The number of piperidine rings is 1. The molecule has 1 aliphatic heterocycles. The Morgan fingerprint density at radius 3 is 2.41 bits per heavy atom. The smallest absolute Gasteiger partial charge is 0.324 e. The van der Waals surface area contributed by atoms with Gasteiger partial charge in [-0.2, -0.15) is 4.31 Å². The highest BCUT2D eigenvalue weighted by atomic mass is 32.2. The van der Waals surface area contributed by atoms with Gasteiger partial charge in [0, 0.05) is 25.3 Å². The van der Waals surface area contributed by atoms with E-state index in [1.165, 1.54) is 14.9 Å². The Balaban J connectivity index is 1.65. The first-order valence-electron chi connectivity index (χ1n) is 11.4. The zero-order valence-electron chi connectivity index (χ0n) is 19.3. The Morgan fingerprint density at radius 2 is 1.71 bits per heavy atom. The lowest BCUT2D eigenvalue weighted by molar-refractivity contribution is -0.116. The molecule has 0 radical (unpaired) electrons. The van der Waals surface area contributed by atoms with E-state index >= 15 is 0 Å². The van der Waals surface area contributed by atoms with Crippen LogP contribution in [0.15, 0.2) is 56.9 Å². The fourth-order valence-corrected chi connectivity index (χ4v) is 5.83. The van der Waals surface area contributed by atoms with E-state index in [2.05, 4.69) is 5.32 Å². The summed E-state index contributed by atoms with van der Waals surface area (Å²) >= 11 is 0. The van der Waals surface area contributed by atoms with Crippen LogP contribution in [0.25, 0.3) is 10.9 Å². The number of fused-ring (bicyclic) bond motifs is 1. The number of nitrogens with one attached hydrogen (secondary N) is 1. The highest BCUT2D eigenvalue weighted by Gasteiger charge is 2.26. The first kappa shape index (κ1) is 23.9. The Morgan fingerprint density at radius 1 is 1.00 bits per heavy atom. The lowest BCUT2D eigenvalue weighted by atomic mass is 10.2. The number of para-hydroxylation sites is 1. The van der Waals surface area contributed by atoms with Crippen LogP contribution in [0.5, 0.6) is 0 Å². The summed E-state index contributed by atoms with van der Waals surface area (Å²) in [5.41, 5.74) is 0.465. The second kappa shape index (κ2) is 9.55. The molecule has 1 aromatic heterocycles. The highest BCUT2D eigenvalue weighted by molar-refractivity contribution is 7.89. The summed E-state index contributed by atoms with van der Waals surface area (Å²) in [6.07, 6.45) is 2.68. The number of carbonyl (C=O) groups is 1. The second-order valence-corrected chi connectivity index (χ2v) is 10.4. The summed E-state index contributed by atoms with van der Waals surface area (Å²) < 4.78 is 29.9. The van der Waals surface area contributed by atoms with Crippen LogP contribution in [0.1, 0.15) is 31.7 Å². The number of benzene rings is 2. The number of sulfonamides is 1. The minimum atomic E-state index is -3.66. The van der Waals surface area contributed by atoms with Gasteiger partial charge >= 0.3 is 5.69 Å². The largest absolute Gasteiger partial charge is 0.331 e. The van der Waals surface area contributed by atoms with E-state index in [1.54, 1.807) is 50.2 Å². The van der Waals surface area contributed by atoms with E-state index in [-0.39, 0.29) is 18.0 Å². The lowest BCUT2D eigenvalue weighted by Crippen LogP contribution is -2.41. The number of nitrogens with zero attached hydrogens (tertiary/aromatic N) is 3. The molecule has 0 unspecified atom stereocenters. The summed E-state index contributed by atoms with van der Waals surface area (Å²) in [5, 5.41) is 3.10. The van der Waals surface area contributed by atoms with Gasteiger partial charge in [0.25, 0.3) is 5.56 Å². The molecule has 1 N–H and O–H groups in total. The zero-order chi connectivity index (χ0) is 24.5. The third-order valence-corrected chi connectivity index (χ3v) is 8.08. The molecule has 0 aliphatic carbocycles. The standard InChI is InChI=1S/C24H28N4O5S/c1-3-27-23(30)19-9-5-6-10-21(19)28(24(27)31)16-22(29)25-20-15-18(12-11-17(20)2)34(32,33)26-13-7-4-8-14-26/h5-6,9-12,15H,3-4,7-8,13-14,16H2,1-2H3,(H,25,29). The summed E-state index contributed by atoms with van der Waals surface area (Å²) in [5.74, 6) is -0.496. The number of hydrogen-bond donors (Lipinski definition) is 1. The van der Waals surface area contributed by atoms with Gasteiger partial charge in [0.1, 0.15) is 6.54 Å². The van der Waals surface area contributed by atoms with Crippen LogP contribution in [0.4, 0.5) is 5.69 Å². The molecule has 0 atom stereocenters. The topological polar surface area (TPSA) is 110 Å². The van der Waals surface area contributed by atoms with Crippen molar-refractivity contribution in [2.24, 2.45) is 0 Å². The molecule has 1 fully saturated rings. The molecule has 10 heteroatoms. The van der Waals surface area contributed by atoms with Crippen LogP contribution in [0, 0.1) is 6.92 Å². The van der Waals surface area contributed by atoms with Crippen molar-refractivity contribution in [3.05, 3.63) is 68.9 Å². The second-order valence-electron chi connectivity index (χ2n) is 8.42. The van der Waals surface area contributed by atoms with Crippen molar-refractivity contribution in [3.63, 3.8) is 0 Å². The molecule has 0 bridgehead atoms. The van der Waals surface area contributed by atoms with E-state index in [1.807, 2.05) is 0 Å². The summed E-state index contributed by atoms with van der Waals surface area (Å²) in [6.45, 7) is 4.30. The number of amides is 1. The maximum atomic E-state index is 13.1. The Bertz CT molecular complexity index is 1470.